The first kappa shape index (κ1) is 11.2. The first-order chi connectivity index (χ1) is 7.16. The molecule has 0 aliphatic heterocycles. The van der Waals surface area contributed by atoms with Gasteiger partial charge in [-0.05, 0) is 42.9 Å². The molecule has 1 aliphatic rings. The lowest BCUT2D eigenvalue weighted by Gasteiger charge is -2.27. The molecule has 0 radical (unpaired) electrons. The second kappa shape index (κ2) is 4.69. The predicted octanol–water partition coefficient (Wildman–Crippen LogP) is 4.93. The summed E-state index contributed by atoms with van der Waals surface area (Å²) in [4.78, 5) is 0.557. The van der Waals surface area contributed by atoms with Crippen LogP contribution in [0, 0.1) is 19.8 Å². The smallest absolute Gasteiger partial charge is 0.0398 e. The third-order valence-corrected chi connectivity index (χ3v) is 4.56. The van der Waals surface area contributed by atoms with Gasteiger partial charge in [0.25, 0.3) is 0 Å². The van der Waals surface area contributed by atoms with E-state index in [1.807, 2.05) is 0 Å². The summed E-state index contributed by atoms with van der Waals surface area (Å²) in [5, 5.41) is 0. The minimum absolute atomic E-state index is 0.557. The van der Waals surface area contributed by atoms with Crippen LogP contribution in [0.3, 0.4) is 0 Å². The third-order valence-electron chi connectivity index (χ3n) is 3.66. The molecule has 0 nitrogen and oxygen atoms in total. The number of hydrogen-bond acceptors (Lipinski definition) is 0. The number of aryl methyl sites for hydroxylation is 2. The Labute approximate surface area is 101 Å². The lowest BCUT2D eigenvalue weighted by atomic mass is 9.81. The summed E-state index contributed by atoms with van der Waals surface area (Å²) < 4.78 is 0. The molecule has 1 unspecified atom stereocenters. The first-order valence-electron chi connectivity index (χ1n) is 5.88. The van der Waals surface area contributed by atoms with Crippen molar-refractivity contribution in [3.05, 3.63) is 34.9 Å². The number of hydrogen-bond donors (Lipinski definition) is 0. The fourth-order valence-electron chi connectivity index (χ4n) is 2.12. The van der Waals surface area contributed by atoms with Crippen molar-refractivity contribution < 1.29 is 0 Å². The maximum absolute atomic E-state index is 3.82. The van der Waals surface area contributed by atoms with Crippen molar-refractivity contribution in [3.8, 4) is 0 Å². The molecule has 82 valence electrons. The zero-order valence-corrected chi connectivity index (χ0v) is 11.2. The summed E-state index contributed by atoms with van der Waals surface area (Å²) in [6.07, 6.45) is 5.62. The van der Waals surface area contributed by atoms with Crippen LogP contribution in [0.2, 0.25) is 0 Å². The number of alkyl halides is 1. The highest BCUT2D eigenvalue weighted by molar-refractivity contribution is 9.09. The van der Waals surface area contributed by atoms with Crippen LogP contribution < -0.4 is 0 Å². The maximum Gasteiger partial charge on any atom is 0.0398 e. The zero-order chi connectivity index (χ0) is 10.8. The van der Waals surface area contributed by atoms with Gasteiger partial charge in [-0.2, -0.15) is 0 Å². The van der Waals surface area contributed by atoms with Gasteiger partial charge in [-0.25, -0.2) is 0 Å². The van der Waals surface area contributed by atoms with Crippen molar-refractivity contribution in [2.24, 2.45) is 5.92 Å². The van der Waals surface area contributed by atoms with Gasteiger partial charge < -0.3 is 0 Å². The molecule has 1 heteroatoms. The average Bonchev–Trinajstić information content (AvgIpc) is 2.15. The predicted molar refractivity (Wildman–Crippen MR) is 69.5 cm³/mol. The molecule has 0 amide bonds. The summed E-state index contributed by atoms with van der Waals surface area (Å²) in [5.74, 6) is 0.969. The van der Waals surface area contributed by atoms with Crippen molar-refractivity contribution in [1.29, 1.82) is 0 Å². The van der Waals surface area contributed by atoms with E-state index in [1.165, 1.54) is 42.4 Å². The van der Waals surface area contributed by atoms with E-state index in [0.29, 0.717) is 4.83 Å². The molecule has 1 aliphatic carbocycles. The van der Waals surface area contributed by atoms with Crippen LogP contribution in [0.4, 0.5) is 0 Å². The molecule has 2 rings (SSSR count). The first-order valence-corrected chi connectivity index (χ1v) is 6.79. The molecular weight excluding hydrogens is 248 g/mol. The SMILES string of the molecule is Cc1ccc(C(Br)CC2CCC2)cc1C. The summed E-state index contributed by atoms with van der Waals surface area (Å²) >= 11 is 3.82. The lowest BCUT2D eigenvalue weighted by molar-refractivity contribution is 0.295. The quantitative estimate of drug-likeness (QED) is 0.681. The van der Waals surface area contributed by atoms with Crippen LogP contribution in [0.1, 0.15) is 47.2 Å². The fourth-order valence-corrected chi connectivity index (χ4v) is 2.93. The average molecular weight is 267 g/mol. The summed E-state index contributed by atoms with van der Waals surface area (Å²) in [7, 11) is 0. The Kier molecular flexibility index (Phi) is 3.50. The largest absolute Gasteiger partial charge is 0.0839 e. The molecule has 1 aromatic carbocycles. The molecule has 0 spiro atoms. The molecule has 0 aromatic heterocycles. The van der Waals surface area contributed by atoms with Gasteiger partial charge in [-0.3, -0.25) is 0 Å². The molecule has 1 aromatic rings. The Morgan fingerprint density at radius 1 is 1.27 bits per heavy atom. The van der Waals surface area contributed by atoms with Crippen LogP contribution in [0.15, 0.2) is 18.2 Å². The second-order valence-corrected chi connectivity index (χ2v) is 5.95. The molecule has 0 bridgehead atoms. The summed E-state index contributed by atoms with van der Waals surface area (Å²) in [6.45, 7) is 4.37. The topological polar surface area (TPSA) is 0 Å². The van der Waals surface area contributed by atoms with Crippen molar-refractivity contribution in [2.45, 2.75) is 44.4 Å². The summed E-state index contributed by atoms with van der Waals surface area (Å²) in [6, 6.07) is 6.83. The molecule has 1 fully saturated rings. The Morgan fingerprint density at radius 2 is 2.00 bits per heavy atom. The van der Waals surface area contributed by atoms with Crippen LogP contribution in [-0.4, -0.2) is 0 Å². The second-order valence-electron chi connectivity index (χ2n) is 4.84. The lowest BCUT2D eigenvalue weighted by Crippen LogP contribution is -2.12. The normalized spacial score (nSPS) is 18.6. The number of halogens is 1. The monoisotopic (exact) mass is 266 g/mol. The van der Waals surface area contributed by atoms with E-state index in [-0.39, 0.29) is 0 Å². The minimum atomic E-state index is 0.557. The van der Waals surface area contributed by atoms with Crippen molar-refractivity contribution >= 4 is 15.9 Å². The van der Waals surface area contributed by atoms with Crippen molar-refractivity contribution in [3.63, 3.8) is 0 Å². The highest BCUT2D eigenvalue weighted by Gasteiger charge is 2.21. The van der Waals surface area contributed by atoms with Crippen molar-refractivity contribution in [2.75, 3.05) is 0 Å². The highest BCUT2D eigenvalue weighted by Crippen LogP contribution is 2.38. The van der Waals surface area contributed by atoms with Crippen LogP contribution in [0.5, 0.6) is 0 Å². The molecule has 0 saturated heterocycles. The van der Waals surface area contributed by atoms with E-state index in [2.05, 4.69) is 48.0 Å². The Morgan fingerprint density at radius 3 is 2.53 bits per heavy atom. The van der Waals surface area contributed by atoms with Gasteiger partial charge in [-0.15, -0.1) is 0 Å². The highest BCUT2D eigenvalue weighted by atomic mass is 79.9. The molecule has 0 heterocycles. The Hall–Kier alpha value is -0.300. The van der Waals surface area contributed by atoms with E-state index in [1.54, 1.807) is 0 Å². The molecule has 1 atom stereocenters. The van der Waals surface area contributed by atoms with Crippen molar-refractivity contribution in [1.82, 2.24) is 0 Å². The fraction of sp³-hybridized carbons (Fsp3) is 0.571. The molecule has 15 heavy (non-hydrogen) atoms. The van der Waals surface area contributed by atoms with E-state index in [0.717, 1.165) is 5.92 Å². The van der Waals surface area contributed by atoms with Gasteiger partial charge in [0.1, 0.15) is 0 Å². The zero-order valence-electron chi connectivity index (χ0n) is 9.59. The van der Waals surface area contributed by atoms with Gasteiger partial charge in [0, 0.05) is 4.83 Å². The van der Waals surface area contributed by atoms with Gasteiger partial charge >= 0.3 is 0 Å². The van der Waals surface area contributed by atoms with E-state index >= 15 is 0 Å². The van der Waals surface area contributed by atoms with Gasteiger partial charge in [0.2, 0.25) is 0 Å². The van der Waals surface area contributed by atoms with Crippen LogP contribution in [-0.2, 0) is 0 Å². The molecule has 0 N–H and O–H groups in total. The molecule has 1 saturated carbocycles. The van der Waals surface area contributed by atoms with E-state index in [9.17, 15) is 0 Å². The van der Waals surface area contributed by atoms with Gasteiger partial charge in [0.15, 0.2) is 0 Å². The van der Waals surface area contributed by atoms with Gasteiger partial charge in [-0.1, -0.05) is 53.4 Å². The Bertz CT molecular complexity index is 339. The number of benzene rings is 1. The standard InChI is InChI=1S/C14H19Br/c1-10-6-7-13(8-11(10)2)14(15)9-12-4-3-5-12/h6-8,12,14H,3-5,9H2,1-2H3. The Balaban J connectivity index is 2.03. The minimum Gasteiger partial charge on any atom is -0.0839 e. The maximum atomic E-state index is 3.82. The number of rotatable bonds is 3. The van der Waals surface area contributed by atoms with Crippen LogP contribution >= 0.6 is 15.9 Å². The van der Waals surface area contributed by atoms with Crippen LogP contribution in [0.25, 0.3) is 0 Å². The summed E-state index contributed by atoms with van der Waals surface area (Å²) in [5.41, 5.74) is 4.25. The third kappa shape index (κ3) is 2.63. The molecular formula is C14H19Br. The van der Waals surface area contributed by atoms with E-state index < -0.39 is 0 Å². The van der Waals surface area contributed by atoms with Gasteiger partial charge in [0.05, 0.1) is 0 Å². The van der Waals surface area contributed by atoms with E-state index in [4.69, 9.17) is 0 Å².